The predicted octanol–water partition coefficient (Wildman–Crippen LogP) is 2.68. The first-order chi connectivity index (χ1) is 14.7. The zero-order chi connectivity index (χ0) is 22.1. The fourth-order valence-electron chi connectivity index (χ4n) is 6.71. The minimum absolute atomic E-state index is 0.0662. The molecule has 1 aliphatic heterocycles. The molecule has 1 saturated heterocycles. The molecule has 8 atom stereocenters. The number of carbonyl (C=O) groups is 2. The maximum atomic E-state index is 13.7. The van der Waals surface area contributed by atoms with E-state index in [1.54, 1.807) is 0 Å². The number of aromatic amines is 1. The van der Waals surface area contributed by atoms with Crippen LogP contribution in [0.4, 0.5) is 0 Å². The van der Waals surface area contributed by atoms with Gasteiger partial charge in [-0.2, -0.15) is 0 Å². The minimum Gasteiger partial charge on any atom is -0.507 e. The summed E-state index contributed by atoms with van der Waals surface area (Å²) in [4.78, 5) is 40.9. The van der Waals surface area contributed by atoms with Crippen LogP contribution in [0.1, 0.15) is 74.7 Å². The summed E-state index contributed by atoms with van der Waals surface area (Å²) >= 11 is 0. The lowest BCUT2D eigenvalue weighted by molar-refractivity contribution is -0.123. The Morgan fingerprint density at radius 1 is 1.19 bits per heavy atom. The highest BCUT2D eigenvalue weighted by molar-refractivity contribution is 6.00. The highest BCUT2D eigenvalue weighted by Gasteiger charge is 2.62. The van der Waals surface area contributed by atoms with Gasteiger partial charge in [0.1, 0.15) is 29.1 Å². The van der Waals surface area contributed by atoms with E-state index in [9.17, 15) is 24.6 Å². The van der Waals surface area contributed by atoms with E-state index in [-0.39, 0.29) is 53.3 Å². The second-order valence-corrected chi connectivity index (χ2v) is 10.4. The van der Waals surface area contributed by atoms with Crippen LogP contribution in [0.3, 0.4) is 0 Å². The molecule has 7 heteroatoms. The molecule has 3 aliphatic carbocycles. The van der Waals surface area contributed by atoms with E-state index in [0.29, 0.717) is 11.8 Å². The fraction of sp³-hybridized carbons (Fsp3) is 0.708. The molecule has 3 saturated carbocycles. The van der Waals surface area contributed by atoms with Crippen LogP contribution in [-0.4, -0.2) is 39.0 Å². The van der Waals surface area contributed by atoms with E-state index in [2.05, 4.69) is 18.8 Å². The predicted molar refractivity (Wildman–Crippen MR) is 112 cm³/mol. The summed E-state index contributed by atoms with van der Waals surface area (Å²) in [6.45, 7) is 4.32. The van der Waals surface area contributed by atoms with Crippen LogP contribution in [0, 0.1) is 29.6 Å². The molecule has 4 aliphatic rings. The number of nitrogens with one attached hydrogen (secondary N) is 1. The molecule has 0 bridgehead atoms. The number of carbonyl (C=O) groups excluding carboxylic acids is 2. The van der Waals surface area contributed by atoms with Gasteiger partial charge in [0.15, 0.2) is 11.6 Å². The number of pyridine rings is 1. The van der Waals surface area contributed by atoms with E-state index in [1.165, 1.54) is 6.20 Å². The third-order valence-electron chi connectivity index (χ3n) is 8.48. The third kappa shape index (κ3) is 3.20. The fourth-order valence-corrected chi connectivity index (χ4v) is 6.71. The number of ether oxygens (including phenoxy) is 1. The number of epoxide rings is 1. The number of aromatic hydroxyl groups is 1. The molecule has 31 heavy (non-hydrogen) atoms. The number of aromatic nitrogens is 1. The smallest absolute Gasteiger partial charge is 0.262 e. The van der Waals surface area contributed by atoms with Crippen LogP contribution in [0.5, 0.6) is 5.75 Å². The lowest BCUT2D eigenvalue weighted by Crippen LogP contribution is -2.43. The number of hydrogen-bond acceptors (Lipinski definition) is 6. The lowest BCUT2D eigenvalue weighted by atomic mass is 9.58. The second kappa shape index (κ2) is 7.27. The number of fused-ring (bicyclic) bond motifs is 2. The van der Waals surface area contributed by atoms with Crippen molar-refractivity contribution in [2.24, 2.45) is 29.6 Å². The molecular formula is C24H31NO6. The molecule has 1 aromatic heterocycles. The Balaban J connectivity index is 1.52. The summed E-state index contributed by atoms with van der Waals surface area (Å²) in [5, 5.41) is 22.3. The second-order valence-electron chi connectivity index (χ2n) is 10.4. The molecule has 1 aromatic rings. The number of aliphatic hydroxyl groups is 1. The number of hydrogen-bond donors (Lipinski definition) is 3. The highest BCUT2D eigenvalue weighted by Crippen LogP contribution is 2.51. The summed E-state index contributed by atoms with van der Waals surface area (Å²) in [5.41, 5.74) is -2.40. The normalized spacial score (nSPS) is 41.9. The van der Waals surface area contributed by atoms with Crippen molar-refractivity contribution < 1.29 is 24.5 Å². The van der Waals surface area contributed by atoms with Gasteiger partial charge in [-0.15, -0.1) is 0 Å². The summed E-state index contributed by atoms with van der Waals surface area (Å²) in [5.74, 6) is 0.342. The molecule has 3 N–H and O–H groups in total. The monoisotopic (exact) mass is 429 g/mol. The molecule has 0 spiro atoms. The van der Waals surface area contributed by atoms with Crippen LogP contribution in [0.2, 0.25) is 0 Å². The van der Waals surface area contributed by atoms with Crippen LogP contribution < -0.4 is 5.56 Å². The molecule has 4 fully saturated rings. The Hall–Kier alpha value is -1.99. The Kier molecular flexibility index (Phi) is 4.90. The Morgan fingerprint density at radius 3 is 2.74 bits per heavy atom. The molecular weight excluding hydrogens is 398 g/mol. The van der Waals surface area contributed by atoms with Crippen molar-refractivity contribution in [1.29, 1.82) is 0 Å². The number of rotatable bonds is 3. The minimum atomic E-state index is -1.59. The Labute approximate surface area is 181 Å². The molecule has 7 nitrogen and oxygen atoms in total. The molecule has 5 rings (SSSR count). The molecule has 2 heterocycles. The van der Waals surface area contributed by atoms with Gasteiger partial charge in [0.2, 0.25) is 0 Å². The van der Waals surface area contributed by atoms with Crippen LogP contribution in [0.25, 0.3) is 0 Å². The third-order valence-corrected chi connectivity index (χ3v) is 8.48. The van der Waals surface area contributed by atoms with Gasteiger partial charge in [0.05, 0.1) is 0 Å². The van der Waals surface area contributed by atoms with E-state index < -0.39 is 29.1 Å². The van der Waals surface area contributed by atoms with Crippen molar-refractivity contribution >= 4 is 11.6 Å². The first kappa shape index (κ1) is 20.9. The molecule has 168 valence electrons. The van der Waals surface area contributed by atoms with Crippen LogP contribution >= 0.6 is 0 Å². The summed E-state index contributed by atoms with van der Waals surface area (Å²) in [7, 11) is 0. The first-order valence-electron chi connectivity index (χ1n) is 11.6. The van der Waals surface area contributed by atoms with Crippen molar-refractivity contribution in [3.63, 3.8) is 0 Å². The zero-order valence-electron chi connectivity index (χ0n) is 18.1. The van der Waals surface area contributed by atoms with E-state index in [4.69, 9.17) is 4.74 Å². The average molecular weight is 430 g/mol. The topological polar surface area (TPSA) is 120 Å². The number of Topliss-reactive ketones (excluding diaryl/α,β-unsaturated/α-hetero) is 2. The van der Waals surface area contributed by atoms with Crippen molar-refractivity contribution in [3.8, 4) is 5.75 Å². The highest BCUT2D eigenvalue weighted by atomic mass is 16.6. The quantitative estimate of drug-likeness (QED) is 0.502. The largest absolute Gasteiger partial charge is 0.507 e. The standard InChI is InChI=1S/C24H31NO6/c1-11-3-6-14-13(9-11)5-4-12(2)17(14)20(28)18-19(27)15(10-25-23(18)29)24(30)8-7-16(26)21-22(24)31-21/h10-14,17,21-22,30H,3-9H2,1-2H3,(H2,25,27,29)/t11-,12-,13-,14-,17-,21-,22-,24+/m0/s1. The van der Waals surface area contributed by atoms with Gasteiger partial charge >= 0.3 is 0 Å². The van der Waals surface area contributed by atoms with Gasteiger partial charge in [-0.1, -0.05) is 20.3 Å². The number of ketones is 2. The van der Waals surface area contributed by atoms with Crippen molar-refractivity contribution in [1.82, 2.24) is 4.98 Å². The van der Waals surface area contributed by atoms with Crippen molar-refractivity contribution in [2.75, 3.05) is 0 Å². The van der Waals surface area contributed by atoms with E-state index >= 15 is 0 Å². The Morgan fingerprint density at radius 2 is 1.97 bits per heavy atom. The van der Waals surface area contributed by atoms with Gasteiger partial charge in [-0.25, -0.2) is 0 Å². The van der Waals surface area contributed by atoms with Gasteiger partial charge in [0, 0.05) is 24.1 Å². The SMILES string of the molecule is C[C@H]1CC[C@H]2[C@@H](CC[C@H](C)[C@@H]2C(=O)c2c(O)c([C@]3(O)CCC(=O)[C@@H]4O[C@@H]43)c[nH]c2=O)C1. The number of H-pyrrole nitrogens is 1. The van der Waals surface area contributed by atoms with Crippen molar-refractivity contribution in [2.45, 2.75) is 76.6 Å². The Bertz CT molecular complexity index is 985. The van der Waals surface area contributed by atoms with Gasteiger partial charge < -0.3 is 19.9 Å². The van der Waals surface area contributed by atoms with E-state index in [0.717, 1.165) is 32.1 Å². The van der Waals surface area contributed by atoms with Crippen LogP contribution in [-0.2, 0) is 15.1 Å². The first-order valence-corrected chi connectivity index (χ1v) is 11.6. The molecule has 0 radical (unpaired) electrons. The van der Waals surface area contributed by atoms with Gasteiger partial charge in [0.25, 0.3) is 5.56 Å². The maximum Gasteiger partial charge on any atom is 0.262 e. The van der Waals surface area contributed by atoms with Gasteiger partial charge in [-0.3, -0.25) is 14.4 Å². The summed E-state index contributed by atoms with van der Waals surface area (Å²) < 4.78 is 5.37. The van der Waals surface area contributed by atoms with Crippen LogP contribution in [0.15, 0.2) is 11.0 Å². The maximum absolute atomic E-state index is 13.7. The molecule has 0 unspecified atom stereocenters. The lowest BCUT2D eigenvalue weighted by Gasteiger charge is -2.45. The summed E-state index contributed by atoms with van der Waals surface area (Å²) in [6, 6.07) is 0. The molecule has 0 amide bonds. The van der Waals surface area contributed by atoms with Gasteiger partial charge in [-0.05, 0) is 55.8 Å². The van der Waals surface area contributed by atoms with Crippen molar-refractivity contribution in [3.05, 3.63) is 27.7 Å². The van der Waals surface area contributed by atoms with E-state index in [1.807, 2.05) is 0 Å². The summed E-state index contributed by atoms with van der Waals surface area (Å²) in [6.07, 6.45) is 5.25. The molecule has 0 aromatic carbocycles. The zero-order valence-corrected chi connectivity index (χ0v) is 18.1. The average Bonchev–Trinajstić information content (AvgIpc) is 3.53.